The Hall–Kier alpha value is -1.86. The summed E-state index contributed by atoms with van der Waals surface area (Å²) in [5.41, 5.74) is 0. The topological polar surface area (TPSA) is 175 Å². The SMILES string of the molecule is CCCCCCCCCCC/C=C/C(O)C(COC1OC(CO)C(O)C(O)C1O)NC(=O)CCCCCCCCCCCCCCCCCCC/C=C\CCCCCCCCCCCCCCCCOC(=O)CCCCCCCCCCCCC. The quantitative estimate of drug-likeness (QED) is 0.0195. The number of esters is 1. The Bertz CT molecular complexity index is 1460. The van der Waals surface area contributed by atoms with Crippen LogP contribution in [0.5, 0.6) is 0 Å². The minimum Gasteiger partial charge on any atom is -0.466 e. The van der Waals surface area contributed by atoms with E-state index in [-0.39, 0.29) is 18.5 Å². The van der Waals surface area contributed by atoms with Crippen LogP contribution < -0.4 is 5.32 Å². The molecule has 0 aliphatic carbocycles. The van der Waals surface area contributed by atoms with Crippen LogP contribution in [0.1, 0.15) is 373 Å². The number of amides is 1. The number of carbonyl (C=O) groups excluding carboxylic acids is 2. The number of carbonyl (C=O) groups is 2. The number of hydrogen-bond donors (Lipinski definition) is 6. The molecule has 0 bridgehead atoms. The average molecular weight is 1200 g/mol. The molecule has 1 amide bonds. The molecule has 502 valence electrons. The van der Waals surface area contributed by atoms with Crippen LogP contribution in [0.4, 0.5) is 0 Å². The number of aliphatic hydroxyl groups excluding tert-OH is 5. The number of allylic oxidation sites excluding steroid dienone is 3. The van der Waals surface area contributed by atoms with Crippen molar-refractivity contribution in [2.45, 2.75) is 416 Å². The van der Waals surface area contributed by atoms with Crippen LogP contribution in [-0.2, 0) is 23.8 Å². The summed E-state index contributed by atoms with van der Waals surface area (Å²) in [4.78, 5) is 25.1. The van der Waals surface area contributed by atoms with Crippen LogP contribution in [-0.4, -0.2) is 100 Å². The van der Waals surface area contributed by atoms with Crippen LogP contribution in [0.25, 0.3) is 0 Å². The molecular formula is C74H141NO10. The Morgan fingerprint density at radius 2 is 0.753 bits per heavy atom. The number of unbranched alkanes of at least 4 members (excludes halogenated alkanes) is 50. The van der Waals surface area contributed by atoms with Crippen LogP contribution in [0.15, 0.2) is 24.3 Å². The van der Waals surface area contributed by atoms with Crippen LogP contribution in [0, 0.1) is 0 Å². The summed E-state index contributed by atoms with van der Waals surface area (Å²) < 4.78 is 16.7. The molecule has 1 heterocycles. The third-order valence-corrected chi connectivity index (χ3v) is 17.8. The second-order valence-electron chi connectivity index (χ2n) is 26.0. The van der Waals surface area contributed by atoms with Crippen LogP contribution in [0.2, 0.25) is 0 Å². The maximum absolute atomic E-state index is 13.1. The zero-order chi connectivity index (χ0) is 61.6. The summed E-state index contributed by atoms with van der Waals surface area (Å²) in [6.45, 7) is 4.37. The molecule has 85 heavy (non-hydrogen) atoms. The fraction of sp³-hybridized carbons (Fsp3) is 0.919. The molecule has 7 unspecified atom stereocenters. The standard InChI is InChI=1S/C74H141NO10/c1-3-5-7-9-11-13-40-44-48-52-56-60-67(77)66(65-84-74-73(82)72(81)71(80)68(64-76)85-74)75-69(78)61-57-53-49-45-42-38-36-34-32-30-28-26-24-22-20-18-16-15-17-19-21-23-25-27-29-31-33-35-37-39-43-47-51-55-59-63-83-70(79)62-58-54-50-46-41-14-12-10-8-6-4-2/h17,19,56,60,66-68,71-74,76-77,80-82H,3-16,18,20-55,57-59,61-65H2,1-2H3,(H,75,78)/b19-17-,60-56+. The maximum Gasteiger partial charge on any atom is 0.305 e. The summed E-state index contributed by atoms with van der Waals surface area (Å²) >= 11 is 0. The van der Waals surface area contributed by atoms with Gasteiger partial charge in [0.25, 0.3) is 0 Å². The van der Waals surface area contributed by atoms with Crippen molar-refractivity contribution in [2.24, 2.45) is 0 Å². The zero-order valence-electron chi connectivity index (χ0n) is 55.8. The Morgan fingerprint density at radius 3 is 1.13 bits per heavy atom. The minimum atomic E-state index is -1.57. The maximum atomic E-state index is 13.1. The first-order valence-corrected chi connectivity index (χ1v) is 37.1. The van der Waals surface area contributed by atoms with Gasteiger partial charge in [-0.1, -0.05) is 327 Å². The van der Waals surface area contributed by atoms with Gasteiger partial charge in [0.2, 0.25) is 5.91 Å². The second-order valence-corrected chi connectivity index (χ2v) is 26.0. The molecule has 11 heteroatoms. The molecule has 1 fully saturated rings. The van der Waals surface area contributed by atoms with Crippen molar-refractivity contribution in [3.8, 4) is 0 Å². The first-order chi connectivity index (χ1) is 41.7. The summed E-state index contributed by atoms with van der Waals surface area (Å²) in [5.74, 6) is -0.163. The fourth-order valence-corrected chi connectivity index (χ4v) is 12.0. The lowest BCUT2D eigenvalue weighted by Crippen LogP contribution is -2.60. The van der Waals surface area contributed by atoms with Crippen molar-refractivity contribution >= 4 is 11.9 Å². The first kappa shape index (κ1) is 81.2. The number of hydrogen-bond acceptors (Lipinski definition) is 10. The highest BCUT2D eigenvalue weighted by Crippen LogP contribution is 2.24. The highest BCUT2D eigenvalue weighted by atomic mass is 16.7. The van der Waals surface area contributed by atoms with Crippen molar-refractivity contribution in [1.82, 2.24) is 5.32 Å². The minimum absolute atomic E-state index is 0.0138. The Kier molecular flexibility index (Phi) is 60.8. The van der Waals surface area contributed by atoms with E-state index in [0.29, 0.717) is 19.4 Å². The monoisotopic (exact) mass is 1200 g/mol. The molecular weight excluding hydrogens is 1060 g/mol. The summed E-state index contributed by atoms with van der Waals surface area (Å²) in [7, 11) is 0. The largest absolute Gasteiger partial charge is 0.466 e. The lowest BCUT2D eigenvalue weighted by Gasteiger charge is -2.40. The van der Waals surface area contributed by atoms with Gasteiger partial charge in [-0.15, -0.1) is 0 Å². The van der Waals surface area contributed by atoms with E-state index in [1.807, 2.05) is 6.08 Å². The molecule has 1 aliphatic heterocycles. The van der Waals surface area contributed by atoms with Gasteiger partial charge in [0.15, 0.2) is 6.29 Å². The molecule has 11 nitrogen and oxygen atoms in total. The van der Waals surface area contributed by atoms with E-state index in [1.54, 1.807) is 6.08 Å². The fourth-order valence-electron chi connectivity index (χ4n) is 12.0. The van der Waals surface area contributed by atoms with Gasteiger partial charge in [-0.25, -0.2) is 0 Å². The van der Waals surface area contributed by atoms with Gasteiger partial charge in [-0.2, -0.15) is 0 Å². The highest BCUT2D eigenvalue weighted by molar-refractivity contribution is 5.76. The number of rotatable bonds is 66. The van der Waals surface area contributed by atoms with Gasteiger partial charge in [-0.05, 0) is 57.8 Å². The van der Waals surface area contributed by atoms with E-state index in [2.05, 4.69) is 31.3 Å². The lowest BCUT2D eigenvalue weighted by atomic mass is 9.99. The summed E-state index contributed by atoms with van der Waals surface area (Å²) in [6, 6.07) is -0.806. The predicted octanol–water partition coefficient (Wildman–Crippen LogP) is 19.2. The third-order valence-electron chi connectivity index (χ3n) is 17.8. The molecule has 0 aromatic heterocycles. The molecule has 7 atom stereocenters. The number of aliphatic hydroxyl groups is 5. The van der Waals surface area contributed by atoms with Crippen molar-refractivity contribution in [2.75, 3.05) is 19.8 Å². The molecule has 1 saturated heterocycles. The van der Waals surface area contributed by atoms with Crippen molar-refractivity contribution in [1.29, 1.82) is 0 Å². The number of nitrogens with one attached hydrogen (secondary N) is 1. The van der Waals surface area contributed by atoms with E-state index in [1.165, 1.54) is 295 Å². The molecule has 0 saturated carbocycles. The van der Waals surface area contributed by atoms with E-state index in [4.69, 9.17) is 14.2 Å². The molecule has 0 aromatic carbocycles. The van der Waals surface area contributed by atoms with E-state index in [0.717, 1.165) is 51.4 Å². The van der Waals surface area contributed by atoms with Crippen molar-refractivity contribution in [3.05, 3.63) is 24.3 Å². The Balaban J connectivity index is 1.91. The molecule has 1 aliphatic rings. The van der Waals surface area contributed by atoms with Gasteiger partial charge in [0.05, 0.1) is 32.0 Å². The highest BCUT2D eigenvalue weighted by Gasteiger charge is 2.44. The van der Waals surface area contributed by atoms with E-state index in [9.17, 15) is 35.1 Å². The van der Waals surface area contributed by atoms with Crippen LogP contribution in [0.3, 0.4) is 0 Å². The zero-order valence-corrected chi connectivity index (χ0v) is 55.8. The normalized spacial score (nSPS) is 18.0. The van der Waals surface area contributed by atoms with E-state index >= 15 is 0 Å². The summed E-state index contributed by atoms with van der Waals surface area (Å²) in [6.07, 6.45) is 70.5. The molecule has 0 radical (unpaired) electrons. The molecule has 6 N–H and O–H groups in total. The lowest BCUT2D eigenvalue weighted by molar-refractivity contribution is -0.302. The number of ether oxygens (including phenoxy) is 3. The van der Waals surface area contributed by atoms with Crippen molar-refractivity contribution < 1.29 is 49.3 Å². The van der Waals surface area contributed by atoms with Gasteiger partial charge in [-0.3, -0.25) is 9.59 Å². The molecule has 0 spiro atoms. The Labute approximate surface area is 524 Å². The Morgan fingerprint density at radius 1 is 0.424 bits per heavy atom. The molecule has 1 rings (SSSR count). The van der Waals surface area contributed by atoms with Crippen molar-refractivity contribution in [3.63, 3.8) is 0 Å². The van der Waals surface area contributed by atoms with Gasteiger partial charge >= 0.3 is 5.97 Å². The van der Waals surface area contributed by atoms with Gasteiger partial charge < -0.3 is 45.1 Å². The second kappa shape index (κ2) is 63.7. The van der Waals surface area contributed by atoms with Gasteiger partial charge in [0, 0.05) is 12.8 Å². The third kappa shape index (κ3) is 52.6. The van der Waals surface area contributed by atoms with E-state index < -0.39 is 49.5 Å². The summed E-state index contributed by atoms with van der Waals surface area (Å²) in [5, 5.41) is 54.4. The average Bonchev–Trinajstić information content (AvgIpc) is 3.67. The predicted molar refractivity (Wildman–Crippen MR) is 357 cm³/mol. The first-order valence-electron chi connectivity index (χ1n) is 37.1. The smallest absolute Gasteiger partial charge is 0.305 e. The van der Waals surface area contributed by atoms with Gasteiger partial charge in [0.1, 0.15) is 24.4 Å². The molecule has 0 aromatic rings. The van der Waals surface area contributed by atoms with Crippen LogP contribution >= 0.6 is 0 Å².